The first-order valence-electron chi connectivity index (χ1n) is 6.74. The molecule has 1 unspecified atom stereocenters. The summed E-state index contributed by atoms with van der Waals surface area (Å²) in [5, 5.41) is 2.66. The molecule has 0 radical (unpaired) electrons. The van der Waals surface area contributed by atoms with Gasteiger partial charge in [-0.3, -0.25) is 9.59 Å². The van der Waals surface area contributed by atoms with Crippen molar-refractivity contribution in [1.82, 2.24) is 0 Å². The van der Waals surface area contributed by atoms with Crippen LogP contribution in [0.3, 0.4) is 0 Å². The SMILES string of the molecule is COc1c(NC(=O)C(N)CCCCN)cccc1C(N)=O. The van der Waals surface area contributed by atoms with Crippen LogP contribution in [0.5, 0.6) is 5.75 Å². The van der Waals surface area contributed by atoms with E-state index >= 15 is 0 Å². The molecule has 1 aromatic rings. The minimum atomic E-state index is -0.640. The summed E-state index contributed by atoms with van der Waals surface area (Å²) in [6, 6.07) is 4.12. The molecular weight excluding hydrogens is 272 g/mol. The van der Waals surface area contributed by atoms with Gasteiger partial charge in [0.1, 0.15) is 0 Å². The number of rotatable bonds is 8. The molecule has 0 spiro atoms. The Morgan fingerprint density at radius 1 is 1.33 bits per heavy atom. The average molecular weight is 294 g/mol. The molecule has 0 saturated carbocycles. The maximum Gasteiger partial charge on any atom is 0.252 e. The molecule has 7 heteroatoms. The van der Waals surface area contributed by atoms with Crippen LogP contribution in [0.4, 0.5) is 5.69 Å². The lowest BCUT2D eigenvalue weighted by atomic mass is 10.1. The van der Waals surface area contributed by atoms with Gasteiger partial charge in [0.25, 0.3) is 5.91 Å². The molecule has 0 saturated heterocycles. The number of benzene rings is 1. The number of anilines is 1. The maximum absolute atomic E-state index is 12.0. The Balaban J connectivity index is 2.80. The lowest BCUT2D eigenvalue weighted by molar-refractivity contribution is -0.117. The van der Waals surface area contributed by atoms with Crippen LogP contribution in [0, 0.1) is 0 Å². The number of primary amides is 1. The first-order chi connectivity index (χ1) is 10.0. The van der Waals surface area contributed by atoms with E-state index in [1.165, 1.54) is 13.2 Å². The Bertz CT molecular complexity index is 505. The second kappa shape index (κ2) is 8.23. The van der Waals surface area contributed by atoms with E-state index in [2.05, 4.69) is 5.32 Å². The number of hydrogen-bond donors (Lipinski definition) is 4. The van der Waals surface area contributed by atoms with Crippen LogP contribution in [-0.2, 0) is 4.79 Å². The largest absolute Gasteiger partial charge is 0.494 e. The van der Waals surface area contributed by atoms with Crippen molar-refractivity contribution in [3.8, 4) is 5.75 Å². The highest BCUT2D eigenvalue weighted by molar-refractivity contribution is 6.01. The molecule has 21 heavy (non-hydrogen) atoms. The normalized spacial score (nSPS) is 11.8. The number of nitrogens with one attached hydrogen (secondary N) is 1. The predicted octanol–water partition coefficient (Wildman–Crippen LogP) is 0.189. The molecule has 0 aromatic heterocycles. The first-order valence-corrected chi connectivity index (χ1v) is 6.74. The topological polar surface area (TPSA) is 133 Å². The van der Waals surface area contributed by atoms with Gasteiger partial charge in [-0.25, -0.2) is 0 Å². The Morgan fingerprint density at radius 2 is 2.05 bits per heavy atom. The van der Waals surface area contributed by atoms with E-state index in [0.717, 1.165) is 12.8 Å². The van der Waals surface area contributed by atoms with Crippen molar-refractivity contribution in [2.75, 3.05) is 19.0 Å². The average Bonchev–Trinajstić information content (AvgIpc) is 2.46. The van der Waals surface area contributed by atoms with E-state index < -0.39 is 11.9 Å². The monoisotopic (exact) mass is 294 g/mol. The molecule has 0 aliphatic heterocycles. The molecule has 0 aliphatic rings. The molecule has 1 rings (SSSR count). The summed E-state index contributed by atoms with van der Waals surface area (Å²) < 4.78 is 5.14. The molecule has 2 amide bonds. The highest BCUT2D eigenvalue weighted by Crippen LogP contribution is 2.28. The molecule has 1 atom stereocenters. The number of methoxy groups -OCH3 is 1. The van der Waals surface area contributed by atoms with Crippen LogP contribution in [0.1, 0.15) is 29.6 Å². The Hall–Kier alpha value is -2.12. The van der Waals surface area contributed by atoms with Gasteiger partial charge in [0, 0.05) is 0 Å². The summed E-state index contributed by atoms with van der Waals surface area (Å²) in [6.45, 7) is 0.572. The van der Waals surface area contributed by atoms with E-state index in [9.17, 15) is 9.59 Å². The van der Waals surface area contributed by atoms with Gasteiger partial charge in [-0.05, 0) is 31.5 Å². The molecule has 0 aliphatic carbocycles. The van der Waals surface area contributed by atoms with Crippen LogP contribution in [0.15, 0.2) is 18.2 Å². The highest BCUT2D eigenvalue weighted by Gasteiger charge is 2.18. The third kappa shape index (κ3) is 4.73. The van der Waals surface area contributed by atoms with Crippen molar-refractivity contribution in [2.45, 2.75) is 25.3 Å². The molecule has 116 valence electrons. The minimum absolute atomic E-state index is 0.201. The predicted molar refractivity (Wildman–Crippen MR) is 81.0 cm³/mol. The molecule has 7 N–H and O–H groups in total. The fraction of sp³-hybridized carbons (Fsp3) is 0.429. The maximum atomic E-state index is 12.0. The first kappa shape index (κ1) is 16.9. The van der Waals surface area contributed by atoms with Crippen LogP contribution in [-0.4, -0.2) is 31.5 Å². The summed E-state index contributed by atoms with van der Waals surface area (Å²) in [5.74, 6) is -0.741. The van der Waals surface area contributed by atoms with Crippen molar-refractivity contribution in [1.29, 1.82) is 0 Å². The van der Waals surface area contributed by atoms with E-state index in [4.69, 9.17) is 21.9 Å². The van der Waals surface area contributed by atoms with E-state index in [0.29, 0.717) is 18.7 Å². The van der Waals surface area contributed by atoms with Gasteiger partial charge in [-0.15, -0.1) is 0 Å². The second-order valence-corrected chi connectivity index (χ2v) is 4.63. The van der Waals surface area contributed by atoms with Crippen molar-refractivity contribution < 1.29 is 14.3 Å². The molecule has 0 fully saturated rings. The van der Waals surface area contributed by atoms with E-state index in [1.807, 2.05) is 0 Å². The zero-order valence-electron chi connectivity index (χ0n) is 12.1. The van der Waals surface area contributed by atoms with Crippen molar-refractivity contribution >= 4 is 17.5 Å². The number of nitrogens with two attached hydrogens (primary N) is 3. The van der Waals surface area contributed by atoms with Gasteiger partial charge >= 0.3 is 0 Å². The van der Waals surface area contributed by atoms with Crippen LogP contribution < -0.4 is 27.3 Å². The number of carbonyl (C=O) groups excluding carboxylic acids is 2. The Labute approximate surface area is 123 Å². The second-order valence-electron chi connectivity index (χ2n) is 4.63. The number of para-hydroxylation sites is 1. The molecule has 0 bridgehead atoms. The number of unbranched alkanes of at least 4 members (excludes halogenated alkanes) is 1. The zero-order chi connectivity index (χ0) is 15.8. The number of amides is 2. The summed E-state index contributed by atoms with van der Waals surface area (Å²) in [7, 11) is 1.40. The molecule has 7 nitrogen and oxygen atoms in total. The Morgan fingerprint density at radius 3 is 2.62 bits per heavy atom. The molecular formula is C14H22N4O3. The Kier molecular flexibility index (Phi) is 6.64. The quantitative estimate of drug-likeness (QED) is 0.508. The smallest absolute Gasteiger partial charge is 0.252 e. The zero-order valence-corrected chi connectivity index (χ0v) is 12.1. The minimum Gasteiger partial charge on any atom is -0.494 e. The van der Waals surface area contributed by atoms with Gasteiger partial charge in [0.05, 0.1) is 24.4 Å². The number of carbonyl (C=O) groups is 2. The summed E-state index contributed by atoms with van der Waals surface area (Å²) >= 11 is 0. The van der Waals surface area contributed by atoms with Crippen molar-refractivity contribution in [2.24, 2.45) is 17.2 Å². The lowest BCUT2D eigenvalue weighted by Crippen LogP contribution is -2.35. The van der Waals surface area contributed by atoms with Crippen LogP contribution >= 0.6 is 0 Å². The number of hydrogen-bond acceptors (Lipinski definition) is 5. The van der Waals surface area contributed by atoms with Gasteiger partial charge in [0.15, 0.2) is 5.75 Å². The summed E-state index contributed by atoms with van der Waals surface area (Å²) in [6.07, 6.45) is 2.14. The summed E-state index contributed by atoms with van der Waals surface area (Å²) in [4.78, 5) is 23.3. The van der Waals surface area contributed by atoms with Gasteiger partial charge in [-0.1, -0.05) is 12.5 Å². The third-order valence-corrected chi connectivity index (χ3v) is 3.05. The van der Waals surface area contributed by atoms with Crippen LogP contribution in [0.2, 0.25) is 0 Å². The van der Waals surface area contributed by atoms with Gasteiger partial charge in [-0.2, -0.15) is 0 Å². The summed E-state index contributed by atoms with van der Waals surface area (Å²) in [5.41, 5.74) is 17.0. The van der Waals surface area contributed by atoms with Gasteiger partial charge < -0.3 is 27.3 Å². The fourth-order valence-corrected chi connectivity index (χ4v) is 1.91. The molecule has 1 aromatic carbocycles. The highest BCUT2D eigenvalue weighted by atomic mass is 16.5. The van der Waals surface area contributed by atoms with E-state index in [1.54, 1.807) is 12.1 Å². The molecule has 0 heterocycles. The number of ether oxygens (including phenoxy) is 1. The third-order valence-electron chi connectivity index (χ3n) is 3.05. The van der Waals surface area contributed by atoms with E-state index in [-0.39, 0.29) is 17.2 Å². The van der Waals surface area contributed by atoms with Crippen molar-refractivity contribution in [3.63, 3.8) is 0 Å². The van der Waals surface area contributed by atoms with Crippen LogP contribution in [0.25, 0.3) is 0 Å². The van der Waals surface area contributed by atoms with Crippen molar-refractivity contribution in [3.05, 3.63) is 23.8 Å². The lowest BCUT2D eigenvalue weighted by Gasteiger charge is -2.15. The standard InChI is InChI=1S/C14H22N4O3/c1-21-12-9(13(17)19)5-4-7-11(12)18-14(20)10(16)6-2-3-8-15/h4-5,7,10H,2-3,6,8,15-16H2,1H3,(H2,17,19)(H,18,20). The van der Waals surface area contributed by atoms with Gasteiger partial charge in [0.2, 0.25) is 5.91 Å². The fourth-order valence-electron chi connectivity index (χ4n) is 1.91.